The van der Waals surface area contributed by atoms with Crippen molar-refractivity contribution in [2.45, 2.75) is 99.9 Å². The van der Waals surface area contributed by atoms with Crippen molar-refractivity contribution < 1.29 is 38.8 Å². The fourth-order valence-electron chi connectivity index (χ4n) is 6.95. The van der Waals surface area contributed by atoms with Gasteiger partial charge < -0.3 is 34.6 Å². The molecule has 2 aliphatic rings. The number of amides is 2. The Balaban J connectivity index is 1.14. The van der Waals surface area contributed by atoms with Crippen molar-refractivity contribution in [3.8, 4) is 5.75 Å². The molecular weight excluding hydrogens is 695 g/mol. The summed E-state index contributed by atoms with van der Waals surface area (Å²) in [6.07, 6.45) is 6.71. The Morgan fingerprint density at radius 2 is 1.45 bits per heavy atom. The van der Waals surface area contributed by atoms with E-state index in [1.54, 1.807) is 36.0 Å². The first-order chi connectivity index (χ1) is 25.8. The third-order valence-corrected chi connectivity index (χ3v) is 11.3. The summed E-state index contributed by atoms with van der Waals surface area (Å²) in [5.41, 5.74) is 2.72. The Morgan fingerprint density at radius 1 is 0.830 bits per heavy atom. The first-order valence-corrected chi connectivity index (χ1v) is 19.6. The van der Waals surface area contributed by atoms with E-state index < -0.39 is 18.2 Å². The van der Waals surface area contributed by atoms with Crippen LogP contribution in [0.15, 0.2) is 82.6 Å². The molecule has 53 heavy (non-hydrogen) atoms. The lowest BCUT2D eigenvalue weighted by molar-refractivity contribution is -0.150. The number of phenols is 1. The average molecular weight is 748 g/mol. The first kappa shape index (κ1) is 39.9. The minimum Gasteiger partial charge on any atom is -0.508 e. The number of esters is 1. The van der Waals surface area contributed by atoms with Crippen LogP contribution in [0.2, 0.25) is 0 Å². The lowest BCUT2D eigenvalue weighted by Crippen LogP contribution is -2.46. The van der Waals surface area contributed by atoms with E-state index in [4.69, 9.17) is 14.2 Å². The summed E-state index contributed by atoms with van der Waals surface area (Å²) >= 11 is 1.60. The molecule has 3 aromatic rings. The molecule has 0 aliphatic heterocycles. The van der Waals surface area contributed by atoms with E-state index in [2.05, 4.69) is 5.32 Å². The highest BCUT2D eigenvalue weighted by Crippen LogP contribution is 2.33. The van der Waals surface area contributed by atoms with Gasteiger partial charge in [0.05, 0.1) is 13.2 Å². The molecule has 3 N–H and O–H groups in total. The third kappa shape index (κ3) is 12.4. The SMILES string of the molecule is CC(C1CCCC1)N(CC(=O)OC1CCCC1)C(=O)OCCN(Cc1ccc(O)cc1)C(=O)OCCNCc1ccccc1Sc1ccccc1CO. The van der Waals surface area contributed by atoms with Gasteiger partial charge >= 0.3 is 18.2 Å². The summed E-state index contributed by atoms with van der Waals surface area (Å²) in [6, 6.07) is 22.2. The van der Waals surface area contributed by atoms with E-state index in [0.29, 0.717) is 13.1 Å². The Bertz CT molecular complexity index is 1610. The molecular formula is C41H53N3O8S. The summed E-state index contributed by atoms with van der Waals surface area (Å²) in [4.78, 5) is 44.8. The zero-order chi connectivity index (χ0) is 37.4. The molecule has 2 aliphatic carbocycles. The predicted octanol–water partition coefficient (Wildman–Crippen LogP) is 7.27. The van der Waals surface area contributed by atoms with Crippen molar-refractivity contribution in [1.29, 1.82) is 0 Å². The molecule has 1 atom stereocenters. The van der Waals surface area contributed by atoms with E-state index in [1.807, 2.05) is 55.5 Å². The number of hydrogen-bond donors (Lipinski definition) is 3. The van der Waals surface area contributed by atoms with E-state index in [-0.39, 0.29) is 63.3 Å². The summed E-state index contributed by atoms with van der Waals surface area (Å²) in [6.45, 7) is 3.00. The topological polar surface area (TPSA) is 138 Å². The minimum atomic E-state index is -0.604. The van der Waals surface area contributed by atoms with Gasteiger partial charge in [0.2, 0.25) is 0 Å². The van der Waals surface area contributed by atoms with Crippen LogP contribution in [0.4, 0.5) is 9.59 Å². The number of rotatable bonds is 18. The molecule has 12 heteroatoms. The highest BCUT2D eigenvalue weighted by Gasteiger charge is 2.33. The second-order valence-electron chi connectivity index (χ2n) is 13.8. The summed E-state index contributed by atoms with van der Waals surface area (Å²) < 4.78 is 17.0. The second-order valence-corrected chi connectivity index (χ2v) is 14.9. The quantitative estimate of drug-likeness (QED) is 0.0693. The van der Waals surface area contributed by atoms with Gasteiger partial charge in [-0.2, -0.15) is 0 Å². The number of aromatic hydroxyl groups is 1. The highest BCUT2D eigenvalue weighted by atomic mass is 32.2. The molecule has 0 bridgehead atoms. The normalized spacial score (nSPS) is 15.2. The standard InChI is InChI=1S/C41H53N3O8S/c1-30(32-10-2-3-11-32)44(28-39(47)52-36-14-6-7-15-36)41(49)51-25-23-43(27-31-18-20-35(46)21-19-31)40(48)50-24-22-42-26-33-12-4-8-16-37(33)53-38-17-9-5-13-34(38)29-45/h4-5,8-9,12-13,16-21,30,32,36,42,45-46H,2-3,6-7,10-11,14-15,22-29H2,1H3. The molecule has 0 heterocycles. The highest BCUT2D eigenvalue weighted by molar-refractivity contribution is 7.99. The smallest absolute Gasteiger partial charge is 0.410 e. The maximum atomic E-state index is 13.5. The Hall–Kier alpha value is -4.26. The van der Waals surface area contributed by atoms with Gasteiger partial charge in [-0.1, -0.05) is 73.1 Å². The molecule has 5 rings (SSSR count). The van der Waals surface area contributed by atoms with Crippen molar-refractivity contribution in [3.05, 3.63) is 89.5 Å². The van der Waals surface area contributed by atoms with Crippen LogP contribution >= 0.6 is 11.8 Å². The van der Waals surface area contributed by atoms with Gasteiger partial charge in [-0.05, 0) is 92.3 Å². The largest absolute Gasteiger partial charge is 0.508 e. The number of hydrogen-bond acceptors (Lipinski definition) is 10. The molecule has 2 fully saturated rings. The zero-order valence-electron chi connectivity index (χ0n) is 30.6. The fraction of sp³-hybridized carbons (Fsp3) is 0.488. The van der Waals surface area contributed by atoms with E-state index in [9.17, 15) is 24.6 Å². The number of benzene rings is 3. The average Bonchev–Trinajstić information content (AvgIpc) is 3.90. The Morgan fingerprint density at radius 3 is 2.15 bits per heavy atom. The molecule has 0 saturated heterocycles. The predicted molar refractivity (Wildman–Crippen MR) is 202 cm³/mol. The van der Waals surface area contributed by atoms with Crippen molar-refractivity contribution >= 4 is 29.9 Å². The summed E-state index contributed by atoms with van der Waals surface area (Å²) in [5, 5.41) is 22.9. The van der Waals surface area contributed by atoms with Crippen LogP contribution in [0.25, 0.3) is 0 Å². The van der Waals surface area contributed by atoms with Gasteiger partial charge in [-0.15, -0.1) is 0 Å². The molecule has 11 nitrogen and oxygen atoms in total. The van der Waals surface area contributed by atoms with Crippen molar-refractivity contribution in [1.82, 2.24) is 15.1 Å². The van der Waals surface area contributed by atoms with Crippen LogP contribution in [0, 0.1) is 5.92 Å². The van der Waals surface area contributed by atoms with E-state index >= 15 is 0 Å². The van der Waals surface area contributed by atoms with Gasteiger partial charge in [0.1, 0.15) is 31.6 Å². The van der Waals surface area contributed by atoms with Gasteiger partial charge in [0.15, 0.2) is 0 Å². The number of carbonyl (C=O) groups excluding carboxylic acids is 3. The molecule has 286 valence electrons. The molecule has 2 saturated carbocycles. The van der Waals surface area contributed by atoms with Crippen LogP contribution in [0.1, 0.15) is 75.0 Å². The van der Waals surface area contributed by atoms with Crippen LogP contribution in [-0.2, 0) is 38.7 Å². The Labute approximate surface area is 317 Å². The minimum absolute atomic E-state index is 0.0317. The lowest BCUT2D eigenvalue weighted by Gasteiger charge is -2.32. The first-order valence-electron chi connectivity index (χ1n) is 18.8. The van der Waals surface area contributed by atoms with Gasteiger partial charge in [0.25, 0.3) is 0 Å². The maximum absolute atomic E-state index is 13.5. The molecule has 2 amide bonds. The molecule has 0 aromatic heterocycles. The van der Waals surface area contributed by atoms with Crippen LogP contribution in [-0.4, -0.2) is 83.2 Å². The molecule has 0 spiro atoms. The molecule has 3 aromatic carbocycles. The molecule has 0 radical (unpaired) electrons. The fourth-order valence-corrected chi connectivity index (χ4v) is 8.01. The van der Waals surface area contributed by atoms with E-state index in [0.717, 1.165) is 77.8 Å². The maximum Gasteiger partial charge on any atom is 0.410 e. The number of phenolic OH excluding ortho intramolecular Hbond substituents is 1. The number of ether oxygens (including phenoxy) is 3. The van der Waals surface area contributed by atoms with Gasteiger partial charge in [-0.25, -0.2) is 9.59 Å². The second kappa shape index (κ2) is 20.8. The number of nitrogens with one attached hydrogen (secondary N) is 1. The monoisotopic (exact) mass is 747 g/mol. The van der Waals surface area contributed by atoms with E-state index in [1.165, 1.54) is 9.80 Å². The number of aliphatic hydroxyl groups is 1. The third-order valence-electron chi connectivity index (χ3n) is 10.0. The summed E-state index contributed by atoms with van der Waals surface area (Å²) in [7, 11) is 0. The van der Waals surface area contributed by atoms with Crippen molar-refractivity contribution in [2.75, 3.05) is 32.8 Å². The number of carbonyl (C=O) groups is 3. The Kier molecular flexibility index (Phi) is 15.7. The number of aliphatic hydroxyl groups excluding tert-OH is 1. The van der Waals surface area contributed by atoms with Crippen molar-refractivity contribution in [2.24, 2.45) is 5.92 Å². The summed E-state index contributed by atoms with van der Waals surface area (Å²) in [5.74, 6) is -0.0193. The zero-order valence-corrected chi connectivity index (χ0v) is 31.4. The van der Waals surface area contributed by atoms with Crippen LogP contribution < -0.4 is 5.32 Å². The van der Waals surface area contributed by atoms with Crippen molar-refractivity contribution in [3.63, 3.8) is 0 Å². The van der Waals surface area contributed by atoms with Gasteiger partial charge in [0, 0.05) is 35.5 Å². The lowest BCUT2D eigenvalue weighted by atomic mass is 9.98. The van der Waals surface area contributed by atoms with Crippen LogP contribution in [0.3, 0.4) is 0 Å². The molecule has 1 unspecified atom stereocenters. The van der Waals surface area contributed by atoms with Gasteiger partial charge in [-0.3, -0.25) is 9.69 Å². The number of nitrogens with zero attached hydrogens (tertiary/aromatic N) is 2. The van der Waals surface area contributed by atoms with Crippen LogP contribution in [0.5, 0.6) is 5.75 Å².